The number of nitrogens with two attached hydrogens (primary N) is 3. The zero-order valence-electron chi connectivity index (χ0n) is 17.6. The Hall–Kier alpha value is -2.88. The molecule has 8 N–H and O–H groups in total. The summed E-state index contributed by atoms with van der Waals surface area (Å²) in [6.07, 6.45) is 2.05. The molecule has 3 rings (SSSR count). The Morgan fingerprint density at radius 2 is 1.76 bits per heavy atom. The Balaban J connectivity index is 0.000000277. The number of hydrogen-bond donors (Lipinski definition) is 5. The molecule has 178 valence electrons. The lowest BCUT2D eigenvalue weighted by Gasteiger charge is -2.12. The minimum Gasteiger partial charge on any atom is -0.481 e. The van der Waals surface area contributed by atoms with Gasteiger partial charge in [-0.15, -0.1) is 0 Å². The van der Waals surface area contributed by atoms with E-state index < -0.39 is 29.2 Å². The molecular weight excluding hydrogens is 474 g/mol. The number of aliphatic carboxylic acids is 2. The summed E-state index contributed by atoms with van der Waals surface area (Å²) in [5.41, 5.74) is 15.9. The normalized spacial score (nSPS) is 14.4. The van der Waals surface area contributed by atoms with Crippen molar-refractivity contribution in [3.8, 4) is 11.1 Å². The lowest BCUT2D eigenvalue weighted by atomic mass is 9.93. The molecule has 1 aliphatic carbocycles. The van der Waals surface area contributed by atoms with Crippen molar-refractivity contribution in [3.63, 3.8) is 0 Å². The van der Waals surface area contributed by atoms with E-state index in [9.17, 15) is 19.1 Å². The lowest BCUT2D eigenvalue weighted by Crippen LogP contribution is -2.30. The van der Waals surface area contributed by atoms with Crippen LogP contribution in [0.5, 0.6) is 0 Å². The van der Waals surface area contributed by atoms with Gasteiger partial charge in [0.1, 0.15) is 11.9 Å². The highest BCUT2D eigenvalue weighted by atomic mass is 35.5. The Morgan fingerprint density at radius 3 is 2.24 bits per heavy atom. The summed E-state index contributed by atoms with van der Waals surface area (Å²) in [5, 5.41) is 18.4. The fraction of sp³-hybridized carbons (Fsp3) is 0.318. The SMILES string of the molecule is NC(N)=NCCC[C@@H](N)C(=O)O.O=C(O)C1(c2ccc(-c3ccc(Cl)c(Cl)c3)c(F)c2)CC1. The predicted octanol–water partition coefficient (Wildman–Crippen LogP) is 3.37. The van der Waals surface area contributed by atoms with Crippen molar-refractivity contribution < 1.29 is 24.2 Å². The van der Waals surface area contributed by atoms with Crippen molar-refractivity contribution in [3.05, 3.63) is 57.8 Å². The third kappa shape index (κ3) is 7.05. The number of benzene rings is 2. The van der Waals surface area contributed by atoms with E-state index in [1.165, 1.54) is 6.07 Å². The number of guanidine groups is 1. The highest BCUT2D eigenvalue weighted by Crippen LogP contribution is 2.49. The molecule has 1 atom stereocenters. The molecule has 2 aromatic rings. The van der Waals surface area contributed by atoms with Crippen LogP contribution in [-0.2, 0) is 15.0 Å². The van der Waals surface area contributed by atoms with Crippen LogP contribution < -0.4 is 17.2 Å². The number of rotatable bonds is 8. The van der Waals surface area contributed by atoms with Gasteiger partial charge < -0.3 is 27.4 Å². The topological polar surface area (TPSA) is 165 Å². The van der Waals surface area contributed by atoms with E-state index in [0.29, 0.717) is 59.0 Å². The monoisotopic (exact) mass is 498 g/mol. The largest absolute Gasteiger partial charge is 0.481 e. The molecule has 11 heteroatoms. The molecule has 0 aromatic heterocycles. The zero-order valence-corrected chi connectivity index (χ0v) is 19.1. The molecule has 8 nitrogen and oxygen atoms in total. The molecule has 0 heterocycles. The first-order valence-electron chi connectivity index (χ1n) is 10.0. The lowest BCUT2D eigenvalue weighted by molar-refractivity contribution is -0.140. The quantitative estimate of drug-likeness (QED) is 0.211. The fourth-order valence-electron chi connectivity index (χ4n) is 3.10. The average Bonchev–Trinajstić information content (AvgIpc) is 3.55. The number of carbonyl (C=O) groups is 2. The number of nitrogens with zero attached hydrogens (tertiary/aromatic N) is 1. The second-order valence-corrected chi connectivity index (χ2v) is 8.42. The molecule has 2 aromatic carbocycles. The summed E-state index contributed by atoms with van der Waals surface area (Å²) < 4.78 is 14.3. The van der Waals surface area contributed by atoms with E-state index in [1.54, 1.807) is 30.3 Å². The van der Waals surface area contributed by atoms with Gasteiger partial charge in [-0.1, -0.05) is 41.4 Å². The average molecular weight is 499 g/mol. The highest BCUT2D eigenvalue weighted by Gasteiger charge is 2.51. The van der Waals surface area contributed by atoms with Crippen molar-refractivity contribution in [2.75, 3.05) is 6.54 Å². The van der Waals surface area contributed by atoms with Crippen LogP contribution in [0.15, 0.2) is 41.4 Å². The van der Waals surface area contributed by atoms with E-state index in [0.717, 1.165) is 0 Å². The standard InChI is InChI=1S/C16H11Cl2FO2.C6H14N4O2/c17-12-4-1-9(7-13(12)18)11-3-2-10(8-14(11)19)16(5-6-16)15(20)21;7-4(5(11)12)2-1-3-10-6(8)9/h1-4,7-8H,5-6H2,(H,20,21);4H,1-3,7H2,(H,11,12)(H4,8,9,10)/t;4-/m.1/s1. The van der Waals surface area contributed by atoms with E-state index in [1.807, 2.05) is 0 Å². The minimum atomic E-state index is -1.00. The molecule has 1 fully saturated rings. The maximum absolute atomic E-state index is 14.3. The van der Waals surface area contributed by atoms with E-state index in [2.05, 4.69) is 4.99 Å². The smallest absolute Gasteiger partial charge is 0.320 e. The van der Waals surface area contributed by atoms with Crippen molar-refractivity contribution in [2.24, 2.45) is 22.2 Å². The van der Waals surface area contributed by atoms with Crippen LogP contribution in [0.1, 0.15) is 31.2 Å². The van der Waals surface area contributed by atoms with Crippen LogP contribution in [0.4, 0.5) is 4.39 Å². The van der Waals surface area contributed by atoms with Gasteiger partial charge in [-0.2, -0.15) is 0 Å². The van der Waals surface area contributed by atoms with Gasteiger partial charge in [-0.3, -0.25) is 14.6 Å². The van der Waals surface area contributed by atoms with E-state index >= 15 is 0 Å². The Labute approximate surface area is 200 Å². The molecule has 1 aliphatic rings. The maximum Gasteiger partial charge on any atom is 0.320 e. The number of hydrogen-bond acceptors (Lipinski definition) is 4. The van der Waals surface area contributed by atoms with E-state index in [4.69, 9.17) is 45.5 Å². The van der Waals surface area contributed by atoms with Crippen LogP contribution in [0.25, 0.3) is 11.1 Å². The molecule has 0 radical (unpaired) electrons. The van der Waals surface area contributed by atoms with Gasteiger partial charge in [-0.05, 0) is 55.0 Å². The molecule has 1 saturated carbocycles. The van der Waals surface area contributed by atoms with Gasteiger partial charge in [0.05, 0.1) is 15.5 Å². The summed E-state index contributed by atoms with van der Waals surface area (Å²) in [6.45, 7) is 0.420. The molecule has 0 bridgehead atoms. The molecule has 0 aliphatic heterocycles. The minimum absolute atomic E-state index is 0.0129. The molecule has 0 amide bonds. The van der Waals surface area contributed by atoms with Gasteiger partial charge in [-0.25, -0.2) is 4.39 Å². The molecule has 0 saturated heterocycles. The van der Waals surface area contributed by atoms with Crippen molar-refractivity contribution in [2.45, 2.75) is 37.1 Å². The van der Waals surface area contributed by atoms with Crippen molar-refractivity contribution in [1.82, 2.24) is 0 Å². The number of halogens is 3. The van der Waals surface area contributed by atoms with Crippen LogP contribution in [0.2, 0.25) is 10.0 Å². The highest BCUT2D eigenvalue weighted by molar-refractivity contribution is 6.42. The third-order valence-corrected chi connectivity index (χ3v) is 5.94. The molecule has 0 unspecified atom stereocenters. The molecule has 0 spiro atoms. The Kier molecular flexibility index (Phi) is 9.04. The van der Waals surface area contributed by atoms with Crippen LogP contribution in [0.3, 0.4) is 0 Å². The summed E-state index contributed by atoms with van der Waals surface area (Å²) in [6, 6.07) is 8.61. The zero-order chi connectivity index (χ0) is 24.8. The second kappa shape index (κ2) is 11.3. The van der Waals surface area contributed by atoms with Gasteiger partial charge in [0, 0.05) is 12.1 Å². The summed E-state index contributed by atoms with van der Waals surface area (Å²) in [4.78, 5) is 25.2. The van der Waals surface area contributed by atoms with E-state index in [-0.39, 0.29) is 5.96 Å². The van der Waals surface area contributed by atoms with Gasteiger partial charge in [0.2, 0.25) is 0 Å². The first-order valence-corrected chi connectivity index (χ1v) is 10.8. The van der Waals surface area contributed by atoms with Crippen molar-refractivity contribution >= 4 is 41.1 Å². The van der Waals surface area contributed by atoms with Crippen LogP contribution >= 0.6 is 23.2 Å². The van der Waals surface area contributed by atoms with Gasteiger partial charge in [0.25, 0.3) is 0 Å². The van der Waals surface area contributed by atoms with Crippen LogP contribution in [-0.4, -0.2) is 40.7 Å². The summed E-state index contributed by atoms with van der Waals surface area (Å²) >= 11 is 11.8. The number of carboxylic acids is 2. The Morgan fingerprint density at radius 1 is 1.09 bits per heavy atom. The second-order valence-electron chi connectivity index (χ2n) is 7.60. The van der Waals surface area contributed by atoms with Gasteiger partial charge >= 0.3 is 11.9 Å². The first kappa shape index (κ1) is 26.4. The first-order chi connectivity index (χ1) is 15.5. The summed E-state index contributed by atoms with van der Waals surface area (Å²) in [5.74, 6) is -2.35. The molecular formula is C22H25Cl2FN4O4. The molecule has 33 heavy (non-hydrogen) atoms. The number of aliphatic imine (C=N–C) groups is 1. The number of carboxylic acid groups (broad SMARTS) is 2. The predicted molar refractivity (Wildman–Crippen MR) is 126 cm³/mol. The van der Waals surface area contributed by atoms with Gasteiger partial charge in [0.15, 0.2) is 5.96 Å². The summed E-state index contributed by atoms with van der Waals surface area (Å²) in [7, 11) is 0. The van der Waals surface area contributed by atoms with Crippen LogP contribution in [0, 0.1) is 5.82 Å². The Bertz CT molecular complexity index is 1060. The fourth-order valence-corrected chi connectivity index (χ4v) is 3.40. The van der Waals surface area contributed by atoms with Crippen molar-refractivity contribution in [1.29, 1.82) is 0 Å². The maximum atomic E-state index is 14.3. The third-order valence-electron chi connectivity index (χ3n) is 5.20.